The molecule has 1 saturated carbocycles. The number of likely N-dealkylation sites (tertiary alicyclic amines) is 1. The largest absolute Gasteiger partial charge is 0.477 e. The van der Waals surface area contributed by atoms with Gasteiger partial charge >= 0.3 is 5.97 Å². The Labute approximate surface area is 246 Å². The predicted octanol–water partition coefficient (Wildman–Crippen LogP) is 6.98. The number of Topliss-reactive ketones (excluding diaryl/α,β-unsaturated/α-hetero) is 1. The lowest BCUT2D eigenvalue weighted by atomic mass is 9.49. The van der Waals surface area contributed by atoms with E-state index in [4.69, 9.17) is 9.47 Å². The average molecular weight is 566 g/mol. The van der Waals surface area contributed by atoms with Gasteiger partial charge in [0.15, 0.2) is 23.4 Å². The zero-order valence-corrected chi connectivity index (χ0v) is 25.3. The smallest absolute Gasteiger partial charge is 0.311 e. The van der Waals surface area contributed by atoms with Crippen molar-refractivity contribution in [1.82, 2.24) is 4.90 Å². The Hall–Kier alpha value is -2.18. The maximum Gasteiger partial charge on any atom is 0.311 e. The van der Waals surface area contributed by atoms with Crippen molar-refractivity contribution in [1.29, 1.82) is 0 Å². The summed E-state index contributed by atoms with van der Waals surface area (Å²) in [6.07, 6.45) is 20.0. The number of esters is 1. The molecule has 4 aliphatic rings. The molecule has 2 fully saturated rings. The van der Waals surface area contributed by atoms with Crippen molar-refractivity contribution >= 4 is 11.8 Å². The molecule has 1 aromatic rings. The highest BCUT2D eigenvalue weighted by Gasteiger charge is 2.73. The van der Waals surface area contributed by atoms with Crippen LogP contribution >= 0.6 is 0 Å². The molecule has 2 bridgehead atoms. The van der Waals surface area contributed by atoms with Gasteiger partial charge in [0.05, 0.1) is 11.0 Å². The van der Waals surface area contributed by atoms with Crippen LogP contribution in [0.15, 0.2) is 24.8 Å². The number of ether oxygens (including phenoxy) is 2. The van der Waals surface area contributed by atoms with E-state index in [1.54, 1.807) is 0 Å². The molecule has 4 atom stereocenters. The van der Waals surface area contributed by atoms with Crippen molar-refractivity contribution in [2.45, 2.75) is 146 Å². The van der Waals surface area contributed by atoms with Crippen LogP contribution in [0.2, 0.25) is 0 Å². The van der Waals surface area contributed by atoms with Crippen molar-refractivity contribution in [3.05, 3.63) is 35.9 Å². The molecule has 0 radical (unpaired) electrons. The molecule has 226 valence electrons. The standard InChI is InChI=1S/C35H51NO5/c1-3-5-6-7-8-9-10-11-12-13-14-15-16-17-30(38)40-28-19-18-26-25-29-35(39)21-20-27(37)33-34(35,31(26)32(28)41-33)22-24-36(29)23-4-2/h4,18-19,29,33,39H,2-3,5-17,20-25H2,1H3. The molecular formula is C35H51NO5. The molecule has 1 aromatic carbocycles. The first-order chi connectivity index (χ1) is 20.0. The van der Waals surface area contributed by atoms with Crippen LogP contribution in [0.4, 0.5) is 0 Å². The zero-order valence-electron chi connectivity index (χ0n) is 25.3. The fourth-order valence-corrected chi connectivity index (χ4v) is 8.33. The summed E-state index contributed by atoms with van der Waals surface area (Å²) in [7, 11) is 0. The van der Waals surface area contributed by atoms with Crippen molar-refractivity contribution in [2.24, 2.45) is 0 Å². The number of piperidine rings is 1. The number of hydrogen-bond donors (Lipinski definition) is 1. The zero-order chi connectivity index (χ0) is 28.9. The van der Waals surface area contributed by atoms with E-state index < -0.39 is 17.1 Å². The normalized spacial score (nSPS) is 27.8. The van der Waals surface area contributed by atoms with Gasteiger partial charge in [-0.15, -0.1) is 6.58 Å². The van der Waals surface area contributed by atoms with Gasteiger partial charge in [-0.05, 0) is 37.3 Å². The number of nitrogens with zero attached hydrogens (tertiary/aromatic N) is 1. The molecule has 6 heteroatoms. The highest BCUT2D eigenvalue weighted by atomic mass is 16.6. The van der Waals surface area contributed by atoms with Crippen LogP contribution in [0.1, 0.15) is 127 Å². The van der Waals surface area contributed by atoms with Gasteiger partial charge in [-0.3, -0.25) is 14.5 Å². The van der Waals surface area contributed by atoms with E-state index in [0.717, 1.165) is 36.9 Å². The first-order valence-electron chi connectivity index (χ1n) is 16.6. The number of aliphatic hydroxyl groups is 1. The highest BCUT2D eigenvalue weighted by Crippen LogP contribution is 2.64. The maximum absolute atomic E-state index is 13.2. The van der Waals surface area contributed by atoms with Gasteiger partial charge in [0.1, 0.15) is 0 Å². The molecule has 0 aromatic heterocycles. The van der Waals surface area contributed by atoms with Crippen molar-refractivity contribution < 1.29 is 24.2 Å². The third-order valence-corrected chi connectivity index (χ3v) is 10.4. The molecule has 41 heavy (non-hydrogen) atoms. The topological polar surface area (TPSA) is 76.1 Å². The van der Waals surface area contributed by atoms with Gasteiger partial charge in [0.2, 0.25) is 0 Å². The Morgan fingerprint density at radius 1 is 1.05 bits per heavy atom. The van der Waals surface area contributed by atoms with E-state index in [1.165, 1.54) is 64.2 Å². The lowest BCUT2D eigenvalue weighted by molar-refractivity contribution is -0.187. The highest BCUT2D eigenvalue weighted by molar-refractivity contribution is 5.90. The van der Waals surface area contributed by atoms with Gasteiger partial charge in [-0.25, -0.2) is 0 Å². The number of carbonyl (C=O) groups is 2. The third kappa shape index (κ3) is 5.76. The second-order valence-electron chi connectivity index (χ2n) is 13.0. The van der Waals surface area contributed by atoms with Crippen LogP contribution in [0.5, 0.6) is 11.5 Å². The second-order valence-corrected chi connectivity index (χ2v) is 13.0. The predicted molar refractivity (Wildman–Crippen MR) is 162 cm³/mol. The van der Waals surface area contributed by atoms with Crippen LogP contribution in [-0.4, -0.2) is 52.6 Å². The minimum atomic E-state index is -1.05. The fraction of sp³-hybridized carbons (Fsp3) is 0.714. The Morgan fingerprint density at radius 2 is 1.71 bits per heavy atom. The number of benzene rings is 1. The minimum absolute atomic E-state index is 0.0406. The summed E-state index contributed by atoms with van der Waals surface area (Å²) >= 11 is 0. The monoisotopic (exact) mass is 565 g/mol. The summed E-state index contributed by atoms with van der Waals surface area (Å²) in [4.78, 5) is 28.3. The van der Waals surface area contributed by atoms with Crippen molar-refractivity contribution in [3.8, 4) is 11.5 Å². The van der Waals surface area contributed by atoms with Gasteiger partial charge < -0.3 is 14.6 Å². The van der Waals surface area contributed by atoms with Gasteiger partial charge in [-0.2, -0.15) is 0 Å². The molecule has 5 rings (SSSR count). The molecule has 6 nitrogen and oxygen atoms in total. The molecular weight excluding hydrogens is 514 g/mol. The summed E-state index contributed by atoms with van der Waals surface area (Å²) in [5, 5.41) is 12.3. The van der Waals surface area contributed by atoms with Gasteiger partial charge in [-0.1, -0.05) is 96.1 Å². The van der Waals surface area contributed by atoms with Gasteiger partial charge in [0.25, 0.3) is 0 Å². The number of ketones is 1. The van der Waals surface area contributed by atoms with E-state index in [0.29, 0.717) is 50.1 Å². The van der Waals surface area contributed by atoms with E-state index in [-0.39, 0.29) is 17.8 Å². The molecule has 1 saturated heterocycles. The number of rotatable bonds is 17. The Kier molecular flexibility index (Phi) is 9.91. The summed E-state index contributed by atoms with van der Waals surface area (Å²) in [5.74, 6) is 0.695. The molecule has 1 N–H and O–H groups in total. The van der Waals surface area contributed by atoms with Gasteiger partial charge in [0, 0.05) is 37.5 Å². The number of unbranched alkanes of at least 4 members (excludes halogenated alkanes) is 12. The lowest BCUT2D eigenvalue weighted by Crippen LogP contribution is -2.76. The average Bonchev–Trinajstić information content (AvgIpc) is 3.32. The van der Waals surface area contributed by atoms with E-state index in [1.807, 2.05) is 18.2 Å². The summed E-state index contributed by atoms with van der Waals surface area (Å²) < 4.78 is 12.2. The molecule has 1 spiro atoms. The fourth-order valence-electron chi connectivity index (χ4n) is 8.33. The van der Waals surface area contributed by atoms with Crippen LogP contribution in [0.3, 0.4) is 0 Å². The molecule has 4 unspecified atom stereocenters. The summed E-state index contributed by atoms with van der Waals surface area (Å²) in [6, 6.07) is 3.76. The van der Waals surface area contributed by atoms with Crippen LogP contribution < -0.4 is 9.47 Å². The molecule has 2 aliphatic heterocycles. The first kappa shape index (κ1) is 30.3. The molecule has 0 amide bonds. The van der Waals surface area contributed by atoms with E-state index in [2.05, 4.69) is 18.4 Å². The SMILES string of the molecule is C=CCN1CCC23c4c5ccc(OC(=O)CCCCCCCCCCCCCCC)c4OC2C(=O)CCC3(O)C1C5. The Morgan fingerprint density at radius 3 is 2.37 bits per heavy atom. The minimum Gasteiger partial charge on any atom is -0.477 e. The van der Waals surface area contributed by atoms with Crippen LogP contribution in [-0.2, 0) is 21.4 Å². The Bertz CT molecular complexity index is 1100. The summed E-state index contributed by atoms with van der Waals surface area (Å²) in [5.41, 5.74) is 0.184. The molecule has 2 heterocycles. The quantitative estimate of drug-likeness (QED) is 0.0950. The Balaban J connectivity index is 1.13. The lowest BCUT2D eigenvalue weighted by Gasteiger charge is -2.62. The first-order valence-corrected chi connectivity index (χ1v) is 16.6. The van der Waals surface area contributed by atoms with Crippen molar-refractivity contribution in [3.63, 3.8) is 0 Å². The third-order valence-electron chi connectivity index (χ3n) is 10.4. The van der Waals surface area contributed by atoms with E-state index in [9.17, 15) is 14.7 Å². The van der Waals surface area contributed by atoms with Crippen LogP contribution in [0, 0.1) is 0 Å². The molecule has 2 aliphatic carbocycles. The van der Waals surface area contributed by atoms with Crippen LogP contribution in [0.25, 0.3) is 0 Å². The maximum atomic E-state index is 13.2. The number of carbonyl (C=O) groups excluding carboxylic acids is 2. The summed E-state index contributed by atoms with van der Waals surface area (Å²) in [6.45, 7) is 7.66. The number of hydrogen-bond acceptors (Lipinski definition) is 6. The van der Waals surface area contributed by atoms with E-state index >= 15 is 0 Å². The second kappa shape index (κ2) is 13.4. The van der Waals surface area contributed by atoms with Crippen molar-refractivity contribution in [2.75, 3.05) is 13.1 Å².